The van der Waals surface area contributed by atoms with E-state index in [1.165, 1.54) is 11.1 Å². The van der Waals surface area contributed by atoms with Crippen molar-refractivity contribution < 1.29 is 9.21 Å². The topological polar surface area (TPSA) is 71.5 Å². The van der Waals surface area contributed by atoms with Crippen LogP contribution in [0.25, 0.3) is 0 Å². The summed E-state index contributed by atoms with van der Waals surface area (Å²) < 4.78 is 5.22. The molecule has 2 rings (SSSR count). The maximum Gasteiger partial charge on any atom is 0.301 e. The van der Waals surface area contributed by atoms with Crippen molar-refractivity contribution in [2.24, 2.45) is 5.84 Å². The van der Waals surface area contributed by atoms with Crippen LogP contribution in [-0.2, 0) is 13.1 Å². The van der Waals surface area contributed by atoms with Gasteiger partial charge in [-0.3, -0.25) is 15.1 Å². The van der Waals surface area contributed by atoms with Gasteiger partial charge in [0.25, 0.3) is 0 Å². The lowest BCUT2D eigenvalue weighted by Crippen LogP contribution is -2.33. The Balaban J connectivity index is 2.12. The molecule has 2 heterocycles. The number of nitrogens with one attached hydrogen (secondary N) is 1. The maximum absolute atomic E-state index is 11.6. The van der Waals surface area contributed by atoms with Crippen molar-refractivity contribution in [2.75, 3.05) is 0 Å². The highest BCUT2D eigenvalue weighted by Crippen LogP contribution is 2.19. The molecule has 6 heteroatoms. The van der Waals surface area contributed by atoms with Gasteiger partial charge in [0.1, 0.15) is 0 Å². The Labute approximate surface area is 122 Å². The fourth-order valence-electron chi connectivity index (χ4n) is 1.97. The summed E-state index contributed by atoms with van der Waals surface area (Å²) >= 11 is 1.73. The lowest BCUT2D eigenvalue weighted by atomic mass is 10.2. The first kappa shape index (κ1) is 14.8. The van der Waals surface area contributed by atoms with Crippen molar-refractivity contribution in [1.29, 1.82) is 0 Å². The SMILES string of the molecule is CC(C)N(Cc1cccs1)Cc1ccoc1C(=O)NN. The van der Waals surface area contributed by atoms with Gasteiger partial charge in [0.2, 0.25) is 0 Å². The van der Waals surface area contributed by atoms with Crippen LogP contribution in [0, 0.1) is 0 Å². The van der Waals surface area contributed by atoms with E-state index < -0.39 is 5.91 Å². The zero-order chi connectivity index (χ0) is 14.5. The molecule has 0 aromatic carbocycles. The standard InChI is InChI=1S/C14H19N3O2S/c1-10(2)17(9-12-4-3-7-20-12)8-11-5-6-19-13(11)14(18)16-15/h3-7,10H,8-9,15H2,1-2H3,(H,16,18). The molecule has 0 aliphatic rings. The number of rotatable bonds is 6. The lowest BCUT2D eigenvalue weighted by Gasteiger charge is -2.25. The summed E-state index contributed by atoms with van der Waals surface area (Å²) in [6.45, 7) is 5.77. The largest absolute Gasteiger partial charge is 0.459 e. The van der Waals surface area contributed by atoms with Gasteiger partial charge in [-0.2, -0.15) is 0 Å². The molecular weight excluding hydrogens is 274 g/mol. The van der Waals surface area contributed by atoms with Crippen molar-refractivity contribution in [1.82, 2.24) is 10.3 Å². The summed E-state index contributed by atoms with van der Waals surface area (Å²) in [4.78, 5) is 15.2. The summed E-state index contributed by atoms with van der Waals surface area (Å²) in [5, 5.41) is 2.07. The van der Waals surface area contributed by atoms with Crippen LogP contribution >= 0.6 is 11.3 Å². The highest BCUT2D eigenvalue weighted by Gasteiger charge is 2.19. The number of nitrogens with two attached hydrogens (primary N) is 1. The molecule has 2 aromatic heterocycles. The molecule has 0 radical (unpaired) electrons. The van der Waals surface area contributed by atoms with Crippen LogP contribution in [0.15, 0.2) is 34.3 Å². The number of thiophene rings is 1. The Morgan fingerprint density at radius 2 is 2.25 bits per heavy atom. The van der Waals surface area contributed by atoms with Gasteiger partial charge in [0.15, 0.2) is 5.76 Å². The van der Waals surface area contributed by atoms with E-state index in [0.29, 0.717) is 12.6 Å². The summed E-state index contributed by atoms with van der Waals surface area (Å²) in [7, 11) is 0. The Morgan fingerprint density at radius 3 is 2.85 bits per heavy atom. The first-order valence-electron chi connectivity index (χ1n) is 6.45. The van der Waals surface area contributed by atoms with Crippen molar-refractivity contribution in [2.45, 2.75) is 33.0 Å². The molecule has 20 heavy (non-hydrogen) atoms. The van der Waals surface area contributed by atoms with Crippen LogP contribution in [0.5, 0.6) is 0 Å². The molecule has 0 atom stereocenters. The number of furan rings is 1. The fraction of sp³-hybridized carbons (Fsp3) is 0.357. The molecule has 0 unspecified atom stereocenters. The normalized spacial score (nSPS) is 11.2. The maximum atomic E-state index is 11.6. The number of carbonyl (C=O) groups excluding carboxylic acids is 1. The first-order valence-corrected chi connectivity index (χ1v) is 7.33. The van der Waals surface area contributed by atoms with Crippen LogP contribution in [0.4, 0.5) is 0 Å². The van der Waals surface area contributed by atoms with E-state index in [-0.39, 0.29) is 5.76 Å². The Hall–Kier alpha value is -1.63. The Bertz CT molecular complexity index is 549. The van der Waals surface area contributed by atoms with E-state index in [1.807, 2.05) is 12.1 Å². The number of hydrazine groups is 1. The average Bonchev–Trinajstić information content (AvgIpc) is 3.08. The van der Waals surface area contributed by atoms with Gasteiger partial charge in [-0.1, -0.05) is 6.07 Å². The average molecular weight is 293 g/mol. The van der Waals surface area contributed by atoms with E-state index in [9.17, 15) is 4.79 Å². The molecule has 0 aliphatic carbocycles. The number of carbonyl (C=O) groups is 1. The van der Waals surface area contributed by atoms with E-state index in [2.05, 4.69) is 35.6 Å². The van der Waals surface area contributed by atoms with Crippen LogP contribution in [0.3, 0.4) is 0 Å². The number of amides is 1. The fourth-order valence-corrected chi connectivity index (χ4v) is 2.70. The van der Waals surface area contributed by atoms with Crippen LogP contribution in [0.1, 0.15) is 34.8 Å². The number of nitrogens with zero attached hydrogens (tertiary/aromatic N) is 1. The highest BCUT2D eigenvalue weighted by atomic mass is 32.1. The van der Waals surface area contributed by atoms with Crippen molar-refractivity contribution in [3.05, 3.63) is 46.0 Å². The minimum atomic E-state index is -0.398. The van der Waals surface area contributed by atoms with E-state index >= 15 is 0 Å². The van der Waals surface area contributed by atoms with Crippen LogP contribution in [-0.4, -0.2) is 16.8 Å². The zero-order valence-corrected chi connectivity index (χ0v) is 12.4. The van der Waals surface area contributed by atoms with E-state index in [0.717, 1.165) is 12.1 Å². The monoisotopic (exact) mass is 293 g/mol. The molecule has 0 aliphatic heterocycles. The Kier molecular flexibility index (Phi) is 4.94. The van der Waals surface area contributed by atoms with Crippen molar-refractivity contribution in [3.8, 4) is 0 Å². The van der Waals surface area contributed by atoms with Gasteiger partial charge in [0, 0.05) is 29.6 Å². The number of hydrogen-bond acceptors (Lipinski definition) is 5. The Morgan fingerprint density at radius 1 is 1.45 bits per heavy atom. The predicted octanol–water partition coefficient (Wildman–Crippen LogP) is 2.36. The third-order valence-corrected chi connectivity index (χ3v) is 3.99. The van der Waals surface area contributed by atoms with Crippen LogP contribution in [0.2, 0.25) is 0 Å². The third-order valence-electron chi connectivity index (χ3n) is 3.13. The smallest absolute Gasteiger partial charge is 0.301 e. The summed E-state index contributed by atoms with van der Waals surface area (Å²) in [5.74, 6) is 5.04. The van der Waals surface area contributed by atoms with Gasteiger partial charge in [-0.05, 0) is 31.4 Å². The lowest BCUT2D eigenvalue weighted by molar-refractivity contribution is 0.0922. The molecule has 0 bridgehead atoms. The third kappa shape index (κ3) is 3.47. The second kappa shape index (κ2) is 6.69. The zero-order valence-electron chi connectivity index (χ0n) is 11.6. The number of nitrogen functional groups attached to an aromatic ring is 1. The molecule has 108 valence electrons. The van der Waals surface area contributed by atoms with Gasteiger partial charge in [-0.15, -0.1) is 11.3 Å². The minimum absolute atomic E-state index is 0.282. The molecular formula is C14H19N3O2S. The molecule has 1 amide bonds. The second-order valence-corrected chi connectivity index (χ2v) is 5.86. The molecule has 2 aromatic rings. The molecule has 3 N–H and O–H groups in total. The molecule has 0 saturated carbocycles. The van der Waals surface area contributed by atoms with Gasteiger partial charge in [-0.25, -0.2) is 5.84 Å². The summed E-state index contributed by atoms with van der Waals surface area (Å²) in [6, 6.07) is 6.34. The minimum Gasteiger partial charge on any atom is -0.459 e. The van der Waals surface area contributed by atoms with E-state index in [4.69, 9.17) is 10.3 Å². The number of hydrogen-bond donors (Lipinski definition) is 2. The van der Waals surface area contributed by atoms with E-state index in [1.54, 1.807) is 11.3 Å². The van der Waals surface area contributed by atoms with Gasteiger partial charge < -0.3 is 4.42 Å². The van der Waals surface area contributed by atoms with Gasteiger partial charge in [0.05, 0.1) is 6.26 Å². The van der Waals surface area contributed by atoms with Crippen LogP contribution < -0.4 is 11.3 Å². The highest BCUT2D eigenvalue weighted by molar-refractivity contribution is 7.09. The predicted molar refractivity (Wildman–Crippen MR) is 79.1 cm³/mol. The quantitative estimate of drug-likeness (QED) is 0.487. The molecule has 0 saturated heterocycles. The molecule has 0 fully saturated rings. The summed E-state index contributed by atoms with van der Waals surface area (Å²) in [6.07, 6.45) is 1.52. The second-order valence-electron chi connectivity index (χ2n) is 4.83. The van der Waals surface area contributed by atoms with Crippen molar-refractivity contribution in [3.63, 3.8) is 0 Å². The molecule has 0 spiro atoms. The first-order chi connectivity index (χ1) is 9.61. The summed E-state index contributed by atoms with van der Waals surface area (Å²) in [5.41, 5.74) is 2.95. The molecule has 5 nitrogen and oxygen atoms in total. The van der Waals surface area contributed by atoms with Gasteiger partial charge >= 0.3 is 5.91 Å². The van der Waals surface area contributed by atoms with Crippen molar-refractivity contribution >= 4 is 17.2 Å².